The summed E-state index contributed by atoms with van der Waals surface area (Å²) in [4.78, 5) is 23.7. The van der Waals surface area contributed by atoms with Crippen molar-refractivity contribution < 1.29 is 14.7 Å². The molecule has 0 aliphatic heterocycles. The number of allylic oxidation sites excluding steroid dienone is 1. The van der Waals surface area contributed by atoms with Gasteiger partial charge in [-0.1, -0.05) is 60.1 Å². The Labute approximate surface area is 155 Å². The van der Waals surface area contributed by atoms with Crippen LogP contribution in [0.2, 0.25) is 0 Å². The minimum atomic E-state index is -1.12. The van der Waals surface area contributed by atoms with Crippen molar-refractivity contribution in [2.75, 3.05) is 5.32 Å². The van der Waals surface area contributed by atoms with Crippen LogP contribution in [0.1, 0.15) is 22.8 Å². The molecule has 0 atom stereocenters. The molecule has 0 aliphatic rings. The smallest absolute Gasteiger partial charge is 0.337 e. The van der Waals surface area contributed by atoms with Crippen LogP contribution >= 0.6 is 11.6 Å². The number of rotatable bonds is 4. The van der Waals surface area contributed by atoms with Crippen molar-refractivity contribution in [1.82, 2.24) is 0 Å². The lowest BCUT2D eigenvalue weighted by atomic mass is 10.0. The first-order valence-corrected chi connectivity index (χ1v) is 8.34. The van der Waals surface area contributed by atoms with Crippen molar-refractivity contribution in [3.8, 4) is 0 Å². The highest BCUT2D eigenvalue weighted by Gasteiger charge is 2.16. The van der Waals surface area contributed by atoms with Crippen LogP contribution in [-0.2, 0) is 4.79 Å². The molecule has 0 spiro atoms. The Morgan fingerprint density at radius 3 is 2.31 bits per heavy atom. The lowest BCUT2D eigenvalue weighted by Crippen LogP contribution is -2.15. The molecule has 130 valence electrons. The van der Waals surface area contributed by atoms with E-state index in [2.05, 4.69) is 5.32 Å². The van der Waals surface area contributed by atoms with Gasteiger partial charge in [-0.2, -0.15) is 0 Å². The van der Waals surface area contributed by atoms with Gasteiger partial charge in [-0.05, 0) is 47.0 Å². The molecule has 0 radical (unpaired) electrons. The van der Waals surface area contributed by atoms with Gasteiger partial charge in [0, 0.05) is 0 Å². The molecule has 0 aromatic heterocycles. The summed E-state index contributed by atoms with van der Waals surface area (Å²) in [5.41, 5.74) is 1.65. The summed E-state index contributed by atoms with van der Waals surface area (Å²) in [6.45, 7) is 1.76. The van der Waals surface area contributed by atoms with Crippen LogP contribution in [0, 0.1) is 0 Å². The summed E-state index contributed by atoms with van der Waals surface area (Å²) in [5.74, 6) is -1.67. The molecule has 3 aromatic rings. The number of hydrogen-bond donors (Lipinski definition) is 2. The second kappa shape index (κ2) is 7.42. The molecular formula is C21H16ClNO3. The summed E-state index contributed by atoms with van der Waals surface area (Å²) in [5, 5.41) is 13.9. The fourth-order valence-corrected chi connectivity index (χ4v) is 2.83. The van der Waals surface area contributed by atoms with Crippen molar-refractivity contribution >= 4 is 45.5 Å². The van der Waals surface area contributed by atoms with Gasteiger partial charge in [0.2, 0.25) is 0 Å². The SMILES string of the molecule is C/C(=C(/Cl)C(=O)Nc1ccccc1C(=O)O)c1ccc2ccccc2c1. The maximum Gasteiger partial charge on any atom is 0.337 e. The number of fused-ring (bicyclic) bond motifs is 1. The molecule has 0 saturated carbocycles. The second-order valence-corrected chi connectivity index (χ2v) is 6.18. The minimum absolute atomic E-state index is 0.00803. The van der Waals surface area contributed by atoms with Gasteiger partial charge in [-0.3, -0.25) is 4.79 Å². The van der Waals surface area contributed by atoms with Gasteiger partial charge < -0.3 is 10.4 Å². The number of aromatic carboxylic acids is 1. The van der Waals surface area contributed by atoms with Gasteiger partial charge >= 0.3 is 5.97 Å². The number of amides is 1. The molecule has 3 rings (SSSR count). The summed E-state index contributed by atoms with van der Waals surface area (Å²) in [6, 6.07) is 19.9. The Hall–Kier alpha value is -3.11. The Bertz CT molecular complexity index is 1040. The van der Waals surface area contributed by atoms with Gasteiger partial charge in [0.25, 0.3) is 5.91 Å². The average Bonchev–Trinajstić information content (AvgIpc) is 2.66. The highest BCUT2D eigenvalue weighted by molar-refractivity contribution is 6.46. The first kappa shape index (κ1) is 17.7. The number of benzene rings is 3. The molecule has 1 amide bonds. The van der Waals surface area contributed by atoms with Crippen LogP contribution in [-0.4, -0.2) is 17.0 Å². The van der Waals surface area contributed by atoms with Crippen LogP contribution in [0.3, 0.4) is 0 Å². The molecule has 26 heavy (non-hydrogen) atoms. The molecule has 2 N–H and O–H groups in total. The normalized spacial score (nSPS) is 11.8. The number of hydrogen-bond acceptors (Lipinski definition) is 2. The van der Waals surface area contributed by atoms with Crippen molar-refractivity contribution in [2.45, 2.75) is 6.92 Å². The highest BCUT2D eigenvalue weighted by Crippen LogP contribution is 2.26. The molecule has 5 heteroatoms. The van der Waals surface area contributed by atoms with Crippen molar-refractivity contribution in [1.29, 1.82) is 0 Å². The largest absolute Gasteiger partial charge is 0.478 e. The second-order valence-electron chi connectivity index (χ2n) is 5.81. The monoisotopic (exact) mass is 365 g/mol. The van der Waals surface area contributed by atoms with E-state index in [0.717, 1.165) is 16.3 Å². The topological polar surface area (TPSA) is 66.4 Å². The zero-order chi connectivity index (χ0) is 18.7. The maximum atomic E-state index is 12.5. The van der Waals surface area contributed by atoms with E-state index in [-0.39, 0.29) is 16.3 Å². The lowest BCUT2D eigenvalue weighted by molar-refractivity contribution is -0.112. The van der Waals surface area contributed by atoms with Gasteiger partial charge in [0.1, 0.15) is 5.03 Å². The minimum Gasteiger partial charge on any atom is -0.478 e. The van der Waals surface area contributed by atoms with E-state index in [1.54, 1.807) is 19.1 Å². The third kappa shape index (κ3) is 3.60. The number of para-hydroxylation sites is 1. The zero-order valence-corrected chi connectivity index (χ0v) is 14.7. The Morgan fingerprint density at radius 2 is 1.58 bits per heavy atom. The van der Waals surface area contributed by atoms with E-state index in [9.17, 15) is 14.7 Å². The predicted octanol–water partition coefficient (Wildman–Crippen LogP) is 5.15. The molecule has 0 saturated heterocycles. The van der Waals surface area contributed by atoms with Crippen LogP contribution in [0.4, 0.5) is 5.69 Å². The highest BCUT2D eigenvalue weighted by atomic mass is 35.5. The molecule has 4 nitrogen and oxygen atoms in total. The maximum absolute atomic E-state index is 12.5. The van der Waals surface area contributed by atoms with E-state index in [4.69, 9.17) is 11.6 Å². The van der Waals surface area contributed by atoms with Crippen molar-refractivity contribution in [3.05, 3.63) is 82.9 Å². The van der Waals surface area contributed by atoms with Gasteiger partial charge in [-0.25, -0.2) is 4.79 Å². The number of carboxylic acids is 1. The summed E-state index contributed by atoms with van der Waals surface area (Å²) >= 11 is 6.27. The molecule has 3 aromatic carbocycles. The number of carbonyl (C=O) groups excluding carboxylic acids is 1. The third-order valence-electron chi connectivity index (χ3n) is 4.12. The lowest BCUT2D eigenvalue weighted by Gasteiger charge is -2.10. The van der Waals surface area contributed by atoms with Crippen molar-refractivity contribution in [3.63, 3.8) is 0 Å². The van der Waals surface area contributed by atoms with E-state index in [1.807, 2.05) is 42.5 Å². The van der Waals surface area contributed by atoms with Gasteiger partial charge in [-0.15, -0.1) is 0 Å². The number of halogens is 1. The molecular weight excluding hydrogens is 350 g/mol. The number of anilines is 1. The third-order valence-corrected chi connectivity index (χ3v) is 4.57. The van der Waals surface area contributed by atoms with Crippen LogP contribution in [0.15, 0.2) is 71.8 Å². The Kier molecular flexibility index (Phi) is 5.05. The zero-order valence-electron chi connectivity index (χ0n) is 14.0. The molecule has 0 bridgehead atoms. The first-order valence-electron chi connectivity index (χ1n) is 7.96. The number of carbonyl (C=O) groups is 2. The molecule has 0 unspecified atom stereocenters. The number of nitrogens with one attached hydrogen (secondary N) is 1. The first-order chi connectivity index (χ1) is 12.5. The van der Waals surface area contributed by atoms with Crippen LogP contribution in [0.25, 0.3) is 16.3 Å². The van der Waals surface area contributed by atoms with E-state index < -0.39 is 11.9 Å². The molecule has 0 aliphatic carbocycles. The van der Waals surface area contributed by atoms with E-state index in [1.165, 1.54) is 12.1 Å². The Morgan fingerprint density at radius 1 is 0.923 bits per heavy atom. The summed E-state index contributed by atoms with van der Waals surface area (Å²) in [6.07, 6.45) is 0. The van der Waals surface area contributed by atoms with Crippen LogP contribution < -0.4 is 5.32 Å². The summed E-state index contributed by atoms with van der Waals surface area (Å²) in [7, 11) is 0. The quantitative estimate of drug-likeness (QED) is 0.628. The fraction of sp³-hybridized carbons (Fsp3) is 0.0476. The molecule has 0 heterocycles. The fourth-order valence-electron chi connectivity index (χ4n) is 2.68. The summed E-state index contributed by atoms with van der Waals surface area (Å²) < 4.78 is 0. The van der Waals surface area contributed by atoms with E-state index in [0.29, 0.717) is 5.57 Å². The van der Waals surface area contributed by atoms with Crippen molar-refractivity contribution in [2.24, 2.45) is 0 Å². The molecule has 0 fully saturated rings. The van der Waals surface area contributed by atoms with Crippen LogP contribution in [0.5, 0.6) is 0 Å². The number of carboxylic acid groups (broad SMARTS) is 1. The predicted molar refractivity (Wildman–Crippen MR) is 104 cm³/mol. The standard InChI is InChI=1S/C21H16ClNO3/c1-13(15-11-10-14-6-2-3-7-16(14)12-15)19(22)20(24)23-18-9-5-4-8-17(18)21(25)26/h2-12H,1H3,(H,23,24)(H,25,26)/b19-13-. The van der Waals surface area contributed by atoms with Gasteiger partial charge in [0.05, 0.1) is 11.3 Å². The van der Waals surface area contributed by atoms with Gasteiger partial charge in [0.15, 0.2) is 0 Å². The Balaban J connectivity index is 1.92. The van der Waals surface area contributed by atoms with E-state index >= 15 is 0 Å². The average molecular weight is 366 g/mol.